The molecule has 0 aromatic heterocycles. The van der Waals surface area contributed by atoms with E-state index < -0.39 is 0 Å². The number of carbonyl (C=O) groups is 1. The molecule has 1 radical (unpaired) electrons. The summed E-state index contributed by atoms with van der Waals surface area (Å²) in [6.45, 7) is 1.43. The molecular weight excluding hydrogens is 307 g/mol. The summed E-state index contributed by atoms with van der Waals surface area (Å²) >= 11 is 0. The molecule has 3 nitrogen and oxygen atoms in total. The Balaban J connectivity index is 1.73. The second kappa shape index (κ2) is 11.4. The standard InChI is InChI=1S/C21H26BN2O/c22-24-17-9-15-19(18-10-3-1-4-11-18)12-7-8-16-23-21(25)20-13-5-2-6-14-20/h1-6,10-11,13-14,19H,7-9,12,15-17H2,(H,23,25). The van der Waals surface area contributed by atoms with Crippen molar-refractivity contribution in [3.8, 4) is 0 Å². The first-order valence-electron chi connectivity index (χ1n) is 9.06. The van der Waals surface area contributed by atoms with Gasteiger partial charge < -0.3 is 0 Å². The molecule has 4 heteroatoms. The zero-order valence-corrected chi connectivity index (χ0v) is 14.7. The van der Waals surface area contributed by atoms with E-state index in [2.05, 4.69) is 40.5 Å². The van der Waals surface area contributed by atoms with Gasteiger partial charge in [-0.1, -0.05) is 18.2 Å². The van der Waals surface area contributed by atoms with Crippen molar-refractivity contribution in [3.05, 3.63) is 71.8 Å². The molecule has 2 aromatic carbocycles. The first-order valence-corrected chi connectivity index (χ1v) is 9.06. The van der Waals surface area contributed by atoms with E-state index in [0.29, 0.717) is 12.5 Å². The Morgan fingerprint density at radius 2 is 1.56 bits per heavy atom. The minimum absolute atomic E-state index is 0.00441. The average Bonchev–Trinajstić information content (AvgIpc) is 2.67. The molecule has 2 rings (SSSR count). The number of rotatable bonds is 11. The Labute approximate surface area is 152 Å². The van der Waals surface area contributed by atoms with E-state index in [1.165, 1.54) is 5.56 Å². The molecule has 2 aromatic rings. The van der Waals surface area contributed by atoms with Crippen molar-refractivity contribution < 1.29 is 4.79 Å². The summed E-state index contributed by atoms with van der Waals surface area (Å²) in [4.78, 5) is 15.7. The summed E-state index contributed by atoms with van der Waals surface area (Å²) in [5.74, 6) is 0.539. The van der Waals surface area contributed by atoms with Crippen LogP contribution in [0.15, 0.2) is 65.6 Å². The summed E-state index contributed by atoms with van der Waals surface area (Å²) in [5.41, 5.74) is 2.10. The fraction of sp³-hybridized carbons (Fsp3) is 0.381. The molecule has 0 bridgehead atoms. The Morgan fingerprint density at radius 3 is 2.24 bits per heavy atom. The molecule has 0 saturated heterocycles. The van der Waals surface area contributed by atoms with Crippen molar-refractivity contribution in [2.24, 2.45) is 4.90 Å². The molecule has 25 heavy (non-hydrogen) atoms. The fourth-order valence-electron chi connectivity index (χ4n) is 3.04. The fourth-order valence-corrected chi connectivity index (χ4v) is 3.04. The molecule has 1 unspecified atom stereocenters. The Bertz CT molecular complexity index is 631. The van der Waals surface area contributed by atoms with Gasteiger partial charge in [0, 0.05) is 0 Å². The van der Waals surface area contributed by atoms with E-state index in [-0.39, 0.29) is 5.91 Å². The van der Waals surface area contributed by atoms with Crippen molar-refractivity contribution in [1.82, 2.24) is 5.32 Å². The van der Waals surface area contributed by atoms with Crippen LogP contribution in [-0.4, -0.2) is 26.6 Å². The number of unbranched alkanes of at least 4 members (excludes halogenated alkanes) is 1. The average molecular weight is 333 g/mol. The Hall–Kier alpha value is -2.23. The van der Waals surface area contributed by atoms with Crippen LogP contribution in [0.1, 0.15) is 53.9 Å². The second-order valence-corrected chi connectivity index (χ2v) is 6.27. The summed E-state index contributed by atoms with van der Waals surface area (Å²) in [7, 11) is 5.25. The van der Waals surface area contributed by atoms with Gasteiger partial charge in [0.25, 0.3) is 0 Å². The first-order chi connectivity index (χ1) is 12.3. The summed E-state index contributed by atoms with van der Waals surface area (Å²) in [6, 6.07) is 20.0. The molecule has 0 aliphatic carbocycles. The third-order valence-corrected chi connectivity index (χ3v) is 4.41. The number of amides is 1. The summed E-state index contributed by atoms with van der Waals surface area (Å²) in [5, 5.41) is 2.99. The van der Waals surface area contributed by atoms with Crippen molar-refractivity contribution in [2.45, 2.75) is 38.0 Å². The van der Waals surface area contributed by atoms with E-state index in [4.69, 9.17) is 7.64 Å². The van der Waals surface area contributed by atoms with Crippen LogP contribution in [0, 0.1) is 0 Å². The number of nitrogens with one attached hydrogen (secondary N) is 1. The van der Waals surface area contributed by atoms with Gasteiger partial charge in [0.05, 0.1) is 0 Å². The number of nitrogens with zero attached hydrogens (tertiary/aromatic N) is 1. The molecule has 0 spiro atoms. The van der Waals surface area contributed by atoms with Gasteiger partial charge in [0.1, 0.15) is 0 Å². The Kier molecular flexibility index (Phi) is 8.67. The van der Waals surface area contributed by atoms with Crippen molar-refractivity contribution in [1.29, 1.82) is 0 Å². The topological polar surface area (TPSA) is 41.5 Å². The zero-order chi connectivity index (χ0) is 17.7. The van der Waals surface area contributed by atoms with E-state index >= 15 is 0 Å². The van der Waals surface area contributed by atoms with Gasteiger partial charge >= 0.3 is 121 Å². The maximum atomic E-state index is 12.0. The molecule has 1 atom stereocenters. The molecule has 0 fully saturated rings. The molecular formula is C21H26BN2O. The quantitative estimate of drug-likeness (QED) is 0.477. The van der Waals surface area contributed by atoms with E-state index in [1.54, 1.807) is 0 Å². The molecule has 129 valence electrons. The van der Waals surface area contributed by atoms with Crippen molar-refractivity contribution in [2.75, 3.05) is 13.1 Å². The zero-order valence-electron chi connectivity index (χ0n) is 14.7. The summed E-state index contributed by atoms with van der Waals surface area (Å²) in [6.07, 6.45) is 5.31. The van der Waals surface area contributed by atoms with Crippen LogP contribution in [0.3, 0.4) is 0 Å². The van der Waals surface area contributed by atoms with Gasteiger partial charge in [0.15, 0.2) is 0 Å². The number of hydrogen-bond acceptors (Lipinski definition) is 2. The SMILES string of the molecule is [B]=NCCCC(CCCCNC(=O)c1ccccc1)c1ccccc1. The molecule has 0 saturated carbocycles. The predicted molar refractivity (Wildman–Crippen MR) is 104 cm³/mol. The number of carbonyl (C=O) groups excluding carboxylic acids is 1. The Morgan fingerprint density at radius 1 is 0.920 bits per heavy atom. The van der Waals surface area contributed by atoms with Gasteiger partial charge in [-0.3, -0.25) is 0 Å². The number of hydrogen-bond donors (Lipinski definition) is 1. The monoisotopic (exact) mass is 333 g/mol. The molecule has 0 aliphatic rings. The predicted octanol–water partition coefficient (Wildman–Crippen LogP) is 4.50. The van der Waals surface area contributed by atoms with E-state index in [1.807, 2.05) is 30.3 Å². The van der Waals surface area contributed by atoms with Crippen molar-refractivity contribution >= 4 is 13.5 Å². The first kappa shape index (κ1) is 19.1. The van der Waals surface area contributed by atoms with Gasteiger partial charge in [0.2, 0.25) is 0 Å². The molecule has 1 N–H and O–H groups in total. The molecule has 1 amide bonds. The van der Waals surface area contributed by atoms with Crippen LogP contribution in [0.2, 0.25) is 0 Å². The summed E-state index contributed by atoms with van der Waals surface area (Å²) < 4.78 is 0. The van der Waals surface area contributed by atoms with Gasteiger partial charge in [-0.25, -0.2) is 0 Å². The van der Waals surface area contributed by atoms with Gasteiger partial charge in [-0.05, 0) is 12.1 Å². The van der Waals surface area contributed by atoms with Crippen molar-refractivity contribution in [3.63, 3.8) is 0 Å². The van der Waals surface area contributed by atoms with Crippen LogP contribution in [-0.2, 0) is 0 Å². The minimum atomic E-state index is 0.00441. The van der Waals surface area contributed by atoms with Crippen LogP contribution < -0.4 is 5.32 Å². The van der Waals surface area contributed by atoms with Crippen LogP contribution in [0.25, 0.3) is 0 Å². The van der Waals surface area contributed by atoms with Crippen LogP contribution in [0.5, 0.6) is 0 Å². The normalized spacial score (nSPS) is 11.6. The van der Waals surface area contributed by atoms with E-state index in [0.717, 1.165) is 44.2 Å². The maximum absolute atomic E-state index is 12.0. The second-order valence-electron chi connectivity index (χ2n) is 6.27. The molecule has 0 aliphatic heterocycles. The molecule has 0 heterocycles. The number of benzene rings is 2. The third kappa shape index (κ3) is 7.04. The van der Waals surface area contributed by atoms with E-state index in [9.17, 15) is 4.79 Å². The van der Waals surface area contributed by atoms with Gasteiger partial charge in [-0.15, -0.1) is 0 Å². The van der Waals surface area contributed by atoms with Gasteiger partial charge in [-0.2, -0.15) is 0 Å². The third-order valence-electron chi connectivity index (χ3n) is 4.41. The van der Waals surface area contributed by atoms with Crippen LogP contribution in [0.4, 0.5) is 0 Å². The van der Waals surface area contributed by atoms with Crippen LogP contribution >= 0.6 is 0 Å².